The Hall–Kier alpha value is -2.04. The van der Waals surface area contributed by atoms with Crippen molar-refractivity contribution in [2.75, 3.05) is 19.8 Å². The van der Waals surface area contributed by atoms with Gasteiger partial charge in [-0.2, -0.15) is 0 Å². The monoisotopic (exact) mass is 661 g/mol. The third-order valence-electron chi connectivity index (χ3n) is 6.99. The van der Waals surface area contributed by atoms with Crippen molar-refractivity contribution < 1.29 is 47.8 Å². The Kier molecular flexibility index (Phi) is 28.0. The molecule has 0 rings (SSSR count). The van der Waals surface area contributed by atoms with E-state index >= 15 is 0 Å². The van der Waals surface area contributed by atoms with Gasteiger partial charge in [-0.3, -0.25) is 18.6 Å². The lowest BCUT2D eigenvalue weighted by atomic mass is 10.1. The highest BCUT2D eigenvalue weighted by Gasteiger charge is 2.28. The number of ether oxygens (including phenoxy) is 1. The quantitative estimate of drug-likeness (QED) is 0.0259. The molecule has 0 aromatic carbocycles. The largest absolute Gasteiger partial charge is 0.480 e. The first-order valence-corrected chi connectivity index (χ1v) is 18.4. The van der Waals surface area contributed by atoms with Gasteiger partial charge in [0.05, 0.1) is 13.2 Å². The fourth-order valence-corrected chi connectivity index (χ4v) is 5.06. The number of allylic oxidation sites excluding steroid dienone is 4. The number of aliphatic hydroxyl groups is 1. The van der Waals surface area contributed by atoms with Crippen molar-refractivity contribution in [3.05, 3.63) is 24.3 Å². The first-order valence-electron chi connectivity index (χ1n) is 16.9. The number of nitrogens with one attached hydrogen (secondary N) is 1. The van der Waals surface area contributed by atoms with Crippen LogP contribution < -0.4 is 5.32 Å². The molecule has 12 heteroatoms. The van der Waals surface area contributed by atoms with Crippen LogP contribution in [0, 0.1) is 0 Å². The lowest BCUT2D eigenvalue weighted by Crippen LogP contribution is -2.43. The number of carbonyl (C=O) groups excluding carboxylic acids is 2. The molecule has 11 nitrogen and oxygen atoms in total. The fraction of sp³-hybridized carbons (Fsp3) is 0.788. The molecule has 0 fully saturated rings. The minimum atomic E-state index is -4.73. The average Bonchev–Trinajstić information content (AvgIpc) is 3.00. The molecule has 0 aliphatic rings. The molecule has 45 heavy (non-hydrogen) atoms. The summed E-state index contributed by atoms with van der Waals surface area (Å²) in [4.78, 5) is 45.2. The standard InChI is InChI=1S/C33H60NO10P/c1-3-5-7-9-10-11-12-13-14-15-16-17-18-19-21-23-25-32(37)42-26-29(35)27-43-45(40,41)44-28-30(33(38)39)34-31(36)24-22-20-8-6-4-2/h11-12,14-15,29-30,35H,3-10,13,16-28H2,1-2H3,(H,34,36)(H,38,39)(H,40,41)/b12-11-,15-14-. The van der Waals surface area contributed by atoms with E-state index in [1.165, 1.54) is 32.1 Å². The predicted octanol–water partition coefficient (Wildman–Crippen LogP) is 7.16. The normalized spacial score (nSPS) is 14.4. The van der Waals surface area contributed by atoms with Gasteiger partial charge in [-0.1, -0.05) is 102 Å². The molecule has 0 aliphatic heterocycles. The summed E-state index contributed by atoms with van der Waals surface area (Å²) in [5.41, 5.74) is 0. The summed E-state index contributed by atoms with van der Waals surface area (Å²) in [6.07, 6.45) is 25.6. The van der Waals surface area contributed by atoms with E-state index in [1.54, 1.807) is 0 Å². The van der Waals surface area contributed by atoms with Gasteiger partial charge in [-0.25, -0.2) is 9.36 Å². The van der Waals surface area contributed by atoms with Gasteiger partial charge in [-0.15, -0.1) is 0 Å². The van der Waals surface area contributed by atoms with Crippen LogP contribution in [-0.2, 0) is 32.7 Å². The molecule has 0 spiro atoms. The molecule has 0 bridgehead atoms. The van der Waals surface area contributed by atoms with E-state index in [9.17, 15) is 34.1 Å². The topological polar surface area (TPSA) is 169 Å². The number of hydrogen-bond donors (Lipinski definition) is 4. The van der Waals surface area contributed by atoms with E-state index < -0.39 is 57.6 Å². The van der Waals surface area contributed by atoms with Gasteiger partial charge in [0.25, 0.3) is 0 Å². The molecule has 0 aliphatic carbocycles. The van der Waals surface area contributed by atoms with Crippen LogP contribution in [0.2, 0.25) is 0 Å². The predicted molar refractivity (Wildman–Crippen MR) is 176 cm³/mol. The van der Waals surface area contributed by atoms with Crippen LogP contribution in [0.4, 0.5) is 0 Å². The van der Waals surface area contributed by atoms with Crippen molar-refractivity contribution in [2.45, 2.75) is 148 Å². The van der Waals surface area contributed by atoms with Gasteiger partial charge in [0.2, 0.25) is 5.91 Å². The van der Waals surface area contributed by atoms with Crippen molar-refractivity contribution in [2.24, 2.45) is 0 Å². The molecule has 3 unspecified atom stereocenters. The molecule has 0 heterocycles. The number of rotatable bonds is 31. The van der Waals surface area contributed by atoms with E-state index in [4.69, 9.17) is 9.26 Å². The molecule has 4 N–H and O–H groups in total. The van der Waals surface area contributed by atoms with E-state index in [0.717, 1.165) is 64.2 Å². The summed E-state index contributed by atoms with van der Waals surface area (Å²) in [5, 5.41) is 21.5. The molecule has 0 aromatic rings. The summed E-state index contributed by atoms with van der Waals surface area (Å²) < 4.78 is 26.5. The zero-order chi connectivity index (χ0) is 33.6. The Labute approximate surface area is 270 Å². The van der Waals surface area contributed by atoms with Crippen LogP contribution in [0.5, 0.6) is 0 Å². The Morgan fingerprint density at radius 2 is 1.22 bits per heavy atom. The van der Waals surface area contributed by atoms with E-state index in [1.807, 2.05) is 0 Å². The summed E-state index contributed by atoms with van der Waals surface area (Å²) in [6.45, 7) is 2.39. The first-order chi connectivity index (χ1) is 21.6. The highest BCUT2D eigenvalue weighted by atomic mass is 31.2. The maximum absolute atomic E-state index is 12.1. The maximum Gasteiger partial charge on any atom is 0.472 e. The number of esters is 1. The van der Waals surface area contributed by atoms with Crippen molar-refractivity contribution >= 4 is 25.7 Å². The number of aliphatic hydroxyl groups excluding tert-OH is 1. The average molecular weight is 662 g/mol. The van der Waals surface area contributed by atoms with Crippen LogP contribution in [-0.4, -0.2) is 64.9 Å². The number of phosphoric ester groups is 1. The van der Waals surface area contributed by atoms with Crippen molar-refractivity contribution in [1.29, 1.82) is 0 Å². The van der Waals surface area contributed by atoms with Gasteiger partial charge in [0, 0.05) is 12.8 Å². The molecular weight excluding hydrogens is 601 g/mol. The number of carboxylic acid groups (broad SMARTS) is 1. The lowest BCUT2D eigenvalue weighted by Gasteiger charge is -2.18. The number of hydrogen-bond acceptors (Lipinski definition) is 8. The van der Waals surface area contributed by atoms with E-state index in [2.05, 4.69) is 48.0 Å². The molecule has 3 atom stereocenters. The smallest absolute Gasteiger partial charge is 0.472 e. The van der Waals surface area contributed by atoms with E-state index in [0.29, 0.717) is 12.8 Å². The lowest BCUT2D eigenvalue weighted by molar-refractivity contribution is -0.147. The van der Waals surface area contributed by atoms with Crippen LogP contribution in [0.3, 0.4) is 0 Å². The molecule has 0 radical (unpaired) electrons. The number of aliphatic carboxylic acids is 1. The third-order valence-corrected chi connectivity index (χ3v) is 7.94. The summed E-state index contributed by atoms with van der Waals surface area (Å²) in [5.74, 6) is -2.41. The van der Waals surface area contributed by atoms with Crippen molar-refractivity contribution in [3.8, 4) is 0 Å². The van der Waals surface area contributed by atoms with Crippen LogP contribution in [0.1, 0.15) is 136 Å². The van der Waals surface area contributed by atoms with Crippen molar-refractivity contribution in [1.82, 2.24) is 5.32 Å². The minimum absolute atomic E-state index is 0.140. The zero-order valence-corrected chi connectivity index (χ0v) is 28.6. The van der Waals surface area contributed by atoms with Gasteiger partial charge in [0.1, 0.15) is 12.7 Å². The van der Waals surface area contributed by atoms with Gasteiger partial charge >= 0.3 is 19.8 Å². The number of carbonyl (C=O) groups is 3. The number of phosphoric acid groups is 1. The molecule has 262 valence electrons. The van der Waals surface area contributed by atoms with Gasteiger partial charge < -0.3 is 25.2 Å². The van der Waals surface area contributed by atoms with Gasteiger partial charge in [0.15, 0.2) is 6.04 Å². The second-order valence-corrected chi connectivity index (χ2v) is 12.8. The Morgan fingerprint density at radius 3 is 1.82 bits per heavy atom. The number of amides is 1. The van der Waals surface area contributed by atoms with E-state index in [-0.39, 0.29) is 12.8 Å². The first kappa shape index (κ1) is 43.0. The second-order valence-electron chi connectivity index (χ2n) is 11.4. The van der Waals surface area contributed by atoms with Gasteiger partial charge in [-0.05, 0) is 44.9 Å². The Morgan fingerprint density at radius 1 is 0.711 bits per heavy atom. The Bertz CT molecular complexity index is 880. The van der Waals surface area contributed by atoms with Crippen LogP contribution in [0.25, 0.3) is 0 Å². The van der Waals surface area contributed by atoms with Crippen LogP contribution >= 0.6 is 7.82 Å². The number of unbranched alkanes of at least 4 members (excludes halogenated alkanes) is 13. The maximum atomic E-state index is 12.1. The fourth-order valence-electron chi connectivity index (χ4n) is 4.28. The highest BCUT2D eigenvalue weighted by Crippen LogP contribution is 2.43. The SMILES string of the molecule is CCCCCC/C=C\C/C=C\CCCCCCCC(=O)OCC(O)COP(=O)(O)OCC(NC(=O)CCCCCCC)C(=O)O. The summed E-state index contributed by atoms with van der Waals surface area (Å²) >= 11 is 0. The number of carboxylic acids is 1. The van der Waals surface area contributed by atoms with Crippen LogP contribution in [0.15, 0.2) is 24.3 Å². The molecule has 0 saturated heterocycles. The molecule has 0 aromatic heterocycles. The summed E-state index contributed by atoms with van der Waals surface area (Å²) in [6, 6.07) is -1.54. The van der Waals surface area contributed by atoms with Crippen molar-refractivity contribution in [3.63, 3.8) is 0 Å². The highest BCUT2D eigenvalue weighted by molar-refractivity contribution is 7.47. The summed E-state index contributed by atoms with van der Waals surface area (Å²) in [7, 11) is -4.73. The molecule has 0 saturated carbocycles. The third kappa shape index (κ3) is 29.1. The second kappa shape index (κ2) is 29.4. The Balaban J connectivity index is 3.94. The minimum Gasteiger partial charge on any atom is -0.480 e. The molecular formula is C33H60NO10P. The molecule has 1 amide bonds. The zero-order valence-electron chi connectivity index (χ0n) is 27.7.